The van der Waals surface area contributed by atoms with Gasteiger partial charge in [-0.25, -0.2) is 0 Å². The molecule has 0 bridgehead atoms. The van der Waals surface area contributed by atoms with Gasteiger partial charge in [-0.15, -0.1) is 0 Å². The number of aliphatic carboxylic acids is 1. The molecule has 2 rings (SSSR count). The zero-order valence-electron chi connectivity index (χ0n) is 15.1. The number of benzene rings is 2. The Morgan fingerprint density at radius 3 is 2.19 bits per heavy atom. The number of carboxylic acids is 1. The van der Waals surface area contributed by atoms with Crippen molar-refractivity contribution in [3.8, 4) is 0 Å². The van der Waals surface area contributed by atoms with Gasteiger partial charge in [0.05, 0.1) is 6.42 Å². The van der Waals surface area contributed by atoms with E-state index in [0.717, 1.165) is 12.0 Å². The lowest BCUT2D eigenvalue weighted by molar-refractivity contribution is -0.137. The standard InChI is InChI=1S/C21H24N2O4/c24-19(7-4-8-21(26)27)23-18-11-9-17(10-12-18)15-20(25)22-14-13-16-5-2-1-3-6-16/h1-3,5-6,9-12H,4,7-8,13-15H2,(H,22,25)(H,23,24)(H,26,27). The Bertz CT molecular complexity index is 758. The van der Waals surface area contributed by atoms with Crippen LogP contribution in [0.15, 0.2) is 54.6 Å². The second-order valence-corrected chi connectivity index (χ2v) is 6.25. The molecule has 6 heteroatoms. The van der Waals surface area contributed by atoms with E-state index in [1.807, 2.05) is 30.3 Å². The second-order valence-electron chi connectivity index (χ2n) is 6.25. The van der Waals surface area contributed by atoms with E-state index in [0.29, 0.717) is 18.7 Å². The van der Waals surface area contributed by atoms with Gasteiger partial charge in [0.15, 0.2) is 0 Å². The van der Waals surface area contributed by atoms with E-state index in [4.69, 9.17) is 5.11 Å². The summed E-state index contributed by atoms with van der Waals surface area (Å²) in [6.45, 7) is 0.591. The minimum Gasteiger partial charge on any atom is -0.481 e. The first kappa shape index (κ1) is 20.2. The molecule has 0 spiro atoms. The van der Waals surface area contributed by atoms with Gasteiger partial charge in [0.1, 0.15) is 0 Å². The molecule has 6 nitrogen and oxygen atoms in total. The molecule has 2 amide bonds. The van der Waals surface area contributed by atoms with E-state index >= 15 is 0 Å². The average Bonchev–Trinajstić information content (AvgIpc) is 2.64. The van der Waals surface area contributed by atoms with Gasteiger partial charge in [-0.05, 0) is 36.1 Å². The maximum absolute atomic E-state index is 12.0. The van der Waals surface area contributed by atoms with Crippen molar-refractivity contribution < 1.29 is 19.5 Å². The third-order valence-corrected chi connectivity index (χ3v) is 3.98. The molecule has 0 fully saturated rings. The number of hydrogen-bond acceptors (Lipinski definition) is 3. The van der Waals surface area contributed by atoms with Crippen LogP contribution in [0.1, 0.15) is 30.4 Å². The first-order valence-corrected chi connectivity index (χ1v) is 8.94. The summed E-state index contributed by atoms with van der Waals surface area (Å²) in [5, 5.41) is 14.2. The summed E-state index contributed by atoms with van der Waals surface area (Å²) in [4.78, 5) is 34.2. The zero-order valence-corrected chi connectivity index (χ0v) is 15.1. The predicted molar refractivity (Wildman–Crippen MR) is 103 cm³/mol. The first-order chi connectivity index (χ1) is 13.0. The fraction of sp³-hybridized carbons (Fsp3) is 0.286. The van der Waals surface area contributed by atoms with Crippen molar-refractivity contribution in [2.75, 3.05) is 11.9 Å². The molecular formula is C21H24N2O4. The second kappa shape index (κ2) is 10.8. The summed E-state index contributed by atoms with van der Waals surface area (Å²) in [7, 11) is 0. The van der Waals surface area contributed by atoms with E-state index in [1.54, 1.807) is 24.3 Å². The monoisotopic (exact) mass is 368 g/mol. The Morgan fingerprint density at radius 2 is 1.52 bits per heavy atom. The van der Waals surface area contributed by atoms with Crippen molar-refractivity contribution in [1.29, 1.82) is 0 Å². The Labute approximate surface area is 158 Å². The maximum atomic E-state index is 12.0. The molecular weight excluding hydrogens is 344 g/mol. The van der Waals surface area contributed by atoms with Gasteiger partial charge >= 0.3 is 5.97 Å². The van der Waals surface area contributed by atoms with Crippen LogP contribution < -0.4 is 10.6 Å². The van der Waals surface area contributed by atoms with Crippen molar-refractivity contribution in [2.24, 2.45) is 0 Å². The molecule has 0 saturated carbocycles. The molecule has 0 atom stereocenters. The van der Waals surface area contributed by atoms with Crippen LogP contribution in [0.25, 0.3) is 0 Å². The highest BCUT2D eigenvalue weighted by atomic mass is 16.4. The van der Waals surface area contributed by atoms with Gasteiger partial charge < -0.3 is 15.7 Å². The van der Waals surface area contributed by atoms with Gasteiger partial charge in [-0.1, -0.05) is 42.5 Å². The molecule has 2 aromatic rings. The largest absolute Gasteiger partial charge is 0.481 e. The van der Waals surface area contributed by atoms with Crippen molar-refractivity contribution in [1.82, 2.24) is 5.32 Å². The molecule has 0 aromatic heterocycles. The highest BCUT2D eigenvalue weighted by molar-refractivity contribution is 5.91. The van der Waals surface area contributed by atoms with Crippen LogP contribution in [0.5, 0.6) is 0 Å². The van der Waals surface area contributed by atoms with Crippen molar-refractivity contribution in [3.05, 3.63) is 65.7 Å². The fourth-order valence-electron chi connectivity index (χ4n) is 2.57. The Balaban J connectivity index is 1.70. The van der Waals surface area contributed by atoms with E-state index in [9.17, 15) is 14.4 Å². The van der Waals surface area contributed by atoms with Gasteiger partial charge in [-0.3, -0.25) is 14.4 Å². The number of hydrogen-bond donors (Lipinski definition) is 3. The topological polar surface area (TPSA) is 95.5 Å². The van der Waals surface area contributed by atoms with Crippen molar-refractivity contribution >= 4 is 23.5 Å². The highest BCUT2D eigenvalue weighted by Crippen LogP contribution is 2.11. The number of carbonyl (C=O) groups excluding carboxylic acids is 2. The van der Waals surface area contributed by atoms with E-state index in [2.05, 4.69) is 10.6 Å². The summed E-state index contributed by atoms with van der Waals surface area (Å²) < 4.78 is 0. The van der Waals surface area contributed by atoms with Crippen molar-refractivity contribution in [3.63, 3.8) is 0 Å². The van der Waals surface area contributed by atoms with Gasteiger partial charge in [0.25, 0.3) is 0 Å². The summed E-state index contributed by atoms with van der Waals surface area (Å²) in [5.74, 6) is -1.17. The fourth-order valence-corrected chi connectivity index (χ4v) is 2.57. The van der Waals surface area contributed by atoms with E-state index in [1.165, 1.54) is 5.56 Å². The molecule has 2 aromatic carbocycles. The number of anilines is 1. The summed E-state index contributed by atoms with van der Waals surface area (Å²) in [6, 6.07) is 17.0. The Hall–Kier alpha value is -3.15. The van der Waals surface area contributed by atoms with Crippen LogP contribution in [0.3, 0.4) is 0 Å². The normalized spacial score (nSPS) is 10.2. The lowest BCUT2D eigenvalue weighted by Crippen LogP contribution is -2.27. The molecule has 0 heterocycles. The van der Waals surface area contributed by atoms with Gasteiger partial charge in [0, 0.05) is 25.1 Å². The van der Waals surface area contributed by atoms with Crippen LogP contribution in [0.4, 0.5) is 5.69 Å². The number of amides is 2. The summed E-state index contributed by atoms with van der Waals surface area (Å²) in [5.41, 5.74) is 2.67. The van der Waals surface area contributed by atoms with Crippen molar-refractivity contribution in [2.45, 2.75) is 32.1 Å². The number of carboxylic acid groups (broad SMARTS) is 1. The molecule has 142 valence electrons. The van der Waals surface area contributed by atoms with E-state index < -0.39 is 5.97 Å². The molecule has 0 aliphatic rings. The van der Waals surface area contributed by atoms with Crippen LogP contribution in [-0.2, 0) is 27.2 Å². The smallest absolute Gasteiger partial charge is 0.303 e. The molecule has 0 aliphatic carbocycles. The highest BCUT2D eigenvalue weighted by Gasteiger charge is 2.06. The Kier molecular flexibility index (Phi) is 8.03. The van der Waals surface area contributed by atoms with Gasteiger partial charge in [0.2, 0.25) is 11.8 Å². The van der Waals surface area contributed by atoms with Crippen LogP contribution in [-0.4, -0.2) is 29.4 Å². The molecule has 0 radical (unpaired) electrons. The third-order valence-electron chi connectivity index (χ3n) is 3.98. The van der Waals surface area contributed by atoms with Crippen LogP contribution in [0.2, 0.25) is 0 Å². The predicted octanol–water partition coefficient (Wildman–Crippen LogP) is 2.78. The minimum absolute atomic E-state index is 0.0221. The first-order valence-electron chi connectivity index (χ1n) is 8.94. The SMILES string of the molecule is O=C(O)CCCC(=O)Nc1ccc(CC(=O)NCCc2ccccc2)cc1. The number of rotatable bonds is 10. The third kappa shape index (κ3) is 8.18. The Morgan fingerprint density at radius 1 is 0.815 bits per heavy atom. The molecule has 3 N–H and O–H groups in total. The minimum atomic E-state index is -0.908. The van der Waals surface area contributed by atoms with Crippen LogP contribution >= 0.6 is 0 Å². The zero-order chi connectivity index (χ0) is 19.5. The summed E-state index contributed by atoms with van der Waals surface area (Å²) >= 11 is 0. The lowest BCUT2D eigenvalue weighted by atomic mass is 10.1. The van der Waals surface area contributed by atoms with E-state index in [-0.39, 0.29) is 31.1 Å². The summed E-state index contributed by atoms with van der Waals surface area (Å²) in [6.07, 6.45) is 1.52. The molecule has 0 unspecified atom stereocenters. The maximum Gasteiger partial charge on any atom is 0.303 e. The average molecular weight is 368 g/mol. The quantitative estimate of drug-likeness (QED) is 0.601. The molecule has 0 aliphatic heterocycles. The van der Waals surface area contributed by atoms with Gasteiger partial charge in [-0.2, -0.15) is 0 Å². The molecule has 27 heavy (non-hydrogen) atoms. The molecule has 0 saturated heterocycles. The number of carbonyl (C=O) groups is 3. The number of nitrogens with one attached hydrogen (secondary N) is 2. The lowest BCUT2D eigenvalue weighted by Gasteiger charge is -2.08. The van der Waals surface area contributed by atoms with Crippen LogP contribution in [0, 0.1) is 0 Å².